The Morgan fingerprint density at radius 2 is 2.29 bits per heavy atom. The molecule has 1 aliphatic heterocycles. The Labute approximate surface area is 126 Å². The molecular weight excluding hydrogens is 264 g/mol. The topological polar surface area (TPSA) is 45.5 Å². The highest BCUT2D eigenvalue weighted by molar-refractivity contribution is 5.76. The summed E-state index contributed by atoms with van der Waals surface area (Å²) in [7, 11) is 1.88. The van der Waals surface area contributed by atoms with Gasteiger partial charge in [-0.2, -0.15) is 0 Å². The maximum atomic E-state index is 12.3. The Morgan fingerprint density at radius 3 is 2.95 bits per heavy atom. The fourth-order valence-corrected chi connectivity index (χ4v) is 3.22. The van der Waals surface area contributed by atoms with Gasteiger partial charge < -0.3 is 14.6 Å². The third-order valence-corrected chi connectivity index (χ3v) is 4.84. The number of amides is 1. The third kappa shape index (κ3) is 3.67. The van der Waals surface area contributed by atoms with E-state index in [1.807, 2.05) is 13.1 Å². The number of carbonyl (C=O) groups excluding carboxylic acids is 1. The molecule has 3 unspecified atom stereocenters. The molecule has 21 heavy (non-hydrogen) atoms. The lowest BCUT2D eigenvalue weighted by atomic mass is 9.96. The van der Waals surface area contributed by atoms with Gasteiger partial charge in [0.25, 0.3) is 0 Å². The average molecular weight is 290 g/mol. The van der Waals surface area contributed by atoms with Gasteiger partial charge in [-0.05, 0) is 56.3 Å². The molecule has 4 heteroatoms. The van der Waals surface area contributed by atoms with Crippen molar-refractivity contribution in [3.8, 4) is 0 Å². The number of nitrogens with one attached hydrogen (secondary N) is 1. The van der Waals surface area contributed by atoms with Crippen LogP contribution in [0.25, 0.3) is 0 Å². The molecule has 1 aliphatic carbocycles. The molecule has 0 radical (unpaired) electrons. The fourth-order valence-electron chi connectivity index (χ4n) is 3.22. The lowest BCUT2D eigenvalue weighted by Gasteiger charge is -2.24. The van der Waals surface area contributed by atoms with Crippen molar-refractivity contribution in [3.63, 3.8) is 0 Å². The van der Waals surface area contributed by atoms with E-state index in [0.717, 1.165) is 36.9 Å². The smallest absolute Gasteiger partial charge is 0.223 e. The van der Waals surface area contributed by atoms with Crippen molar-refractivity contribution in [3.05, 3.63) is 23.7 Å². The molecule has 4 nitrogen and oxygen atoms in total. The molecule has 1 saturated carbocycles. The predicted molar refractivity (Wildman–Crippen MR) is 81.9 cm³/mol. The SMILES string of the molecule is CC1CC1c1ccc(CN(C)C(=O)CC2CCCNC2)o1. The van der Waals surface area contributed by atoms with Crippen molar-refractivity contribution < 1.29 is 9.21 Å². The molecule has 2 fully saturated rings. The van der Waals surface area contributed by atoms with Crippen LogP contribution in [0.1, 0.15) is 50.0 Å². The van der Waals surface area contributed by atoms with Crippen molar-refractivity contribution in [2.45, 2.75) is 45.1 Å². The van der Waals surface area contributed by atoms with Gasteiger partial charge in [0.15, 0.2) is 0 Å². The Balaban J connectivity index is 1.49. The third-order valence-electron chi connectivity index (χ3n) is 4.84. The molecule has 3 atom stereocenters. The van der Waals surface area contributed by atoms with E-state index in [4.69, 9.17) is 4.42 Å². The molecule has 1 aromatic heterocycles. The van der Waals surface area contributed by atoms with Crippen LogP contribution in [0.2, 0.25) is 0 Å². The van der Waals surface area contributed by atoms with Gasteiger partial charge in [-0.25, -0.2) is 0 Å². The van der Waals surface area contributed by atoms with Crippen LogP contribution in [0.5, 0.6) is 0 Å². The van der Waals surface area contributed by atoms with Crippen molar-refractivity contribution in [2.75, 3.05) is 20.1 Å². The van der Waals surface area contributed by atoms with E-state index in [-0.39, 0.29) is 5.91 Å². The van der Waals surface area contributed by atoms with Gasteiger partial charge in [0, 0.05) is 19.4 Å². The van der Waals surface area contributed by atoms with Crippen LogP contribution >= 0.6 is 0 Å². The average Bonchev–Trinajstić information content (AvgIpc) is 3.03. The molecule has 1 amide bonds. The van der Waals surface area contributed by atoms with E-state index in [0.29, 0.717) is 24.8 Å². The summed E-state index contributed by atoms with van der Waals surface area (Å²) >= 11 is 0. The van der Waals surface area contributed by atoms with Crippen LogP contribution in [0, 0.1) is 11.8 Å². The number of furan rings is 1. The Bertz CT molecular complexity index is 491. The van der Waals surface area contributed by atoms with Crippen LogP contribution in [-0.4, -0.2) is 30.9 Å². The number of hydrogen-bond acceptors (Lipinski definition) is 3. The van der Waals surface area contributed by atoms with Gasteiger partial charge >= 0.3 is 0 Å². The second-order valence-electron chi connectivity index (χ2n) is 6.79. The van der Waals surface area contributed by atoms with Gasteiger partial charge in [0.05, 0.1) is 6.54 Å². The molecule has 2 aliphatic rings. The van der Waals surface area contributed by atoms with E-state index in [9.17, 15) is 4.79 Å². The highest BCUT2D eigenvalue weighted by Gasteiger charge is 2.36. The monoisotopic (exact) mass is 290 g/mol. The van der Waals surface area contributed by atoms with Crippen molar-refractivity contribution >= 4 is 5.91 Å². The maximum absolute atomic E-state index is 12.3. The standard InChI is InChI=1S/C17H26N2O2/c1-12-8-15(12)16-6-5-14(21-16)11-19(2)17(20)9-13-4-3-7-18-10-13/h5-6,12-13,15,18H,3-4,7-11H2,1-2H3. The zero-order valence-corrected chi connectivity index (χ0v) is 13.1. The number of piperidine rings is 1. The van der Waals surface area contributed by atoms with E-state index in [2.05, 4.69) is 18.3 Å². The number of rotatable bonds is 5. The molecule has 2 heterocycles. The zero-order chi connectivity index (χ0) is 14.8. The summed E-state index contributed by atoms with van der Waals surface area (Å²) in [5, 5.41) is 3.37. The molecule has 1 saturated heterocycles. The van der Waals surface area contributed by atoms with E-state index >= 15 is 0 Å². The number of carbonyl (C=O) groups is 1. The summed E-state index contributed by atoms with van der Waals surface area (Å²) in [5.41, 5.74) is 0. The van der Waals surface area contributed by atoms with Gasteiger partial charge in [0.2, 0.25) is 5.91 Å². The Morgan fingerprint density at radius 1 is 1.48 bits per heavy atom. The fraction of sp³-hybridized carbons (Fsp3) is 0.706. The quantitative estimate of drug-likeness (QED) is 0.907. The molecule has 116 valence electrons. The molecule has 3 rings (SSSR count). The first-order chi connectivity index (χ1) is 10.1. The van der Waals surface area contributed by atoms with Crippen LogP contribution in [0.3, 0.4) is 0 Å². The summed E-state index contributed by atoms with van der Waals surface area (Å²) < 4.78 is 5.88. The first kappa shape index (κ1) is 14.6. The van der Waals surface area contributed by atoms with E-state index in [1.54, 1.807) is 4.90 Å². The first-order valence-corrected chi connectivity index (χ1v) is 8.16. The van der Waals surface area contributed by atoms with Gasteiger partial charge in [-0.15, -0.1) is 0 Å². The normalized spacial score (nSPS) is 28.4. The largest absolute Gasteiger partial charge is 0.464 e. The Hall–Kier alpha value is -1.29. The van der Waals surface area contributed by atoms with E-state index < -0.39 is 0 Å². The molecule has 0 bridgehead atoms. The minimum atomic E-state index is 0.224. The minimum absolute atomic E-state index is 0.224. The van der Waals surface area contributed by atoms with Crippen LogP contribution in [0.15, 0.2) is 16.5 Å². The molecule has 0 aromatic carbocycles. The molecule has 1 N–H and O–H groups in total. The van der Waals surface area contributed by atoms with Gasteiger partial charge in [0.1, 0.15) is 11.5 Å². The summed E-state index contributed by atoms with van der Waals surface area (Å²) in [5.74, 6) is 4.07. The highest BCUT2D eigenvalue weighted by Crippen LogP contribution is 2.47. The number of nitrogens with zero attached hydrogens (tertiary/aromatic N) is 1. The second-order valence-corrected chi connectivity index (χ2v) is 6.79. The lowest BCUT2D eigenvalue weighted by molar-refractivity contribution is -0.131. The van der Waals surface area contributed by atoms with Crippen molar-refractivity contribution in [1.29, 1.82) is 0 Å². The molecule has 1 aromatic rings. The van der Waals surface area contributed by atoms with Crippen LogP contribution in [0.4, 0.5) is 0 Å². The number of hydrogen-bond donors (Lipinski definition) is 1. The first-order valence-electron chi connectivity index (χ1n) is 8.16. The Kier molecular flexibility index (Phi) is 4.34. The summed E-state index contributed by atoms with van der Waals surface area (Å²) in [4.78, 5) is 14.1. The maximum Gasteiger partial charge on any atom is 0.223 e. The van der Waals surface area contributed by atoms with Crippen molar-refractivity contribution in [2.24, 2.45) is 11.8 Å². The summed E-state index contributed by atoms with van der Waals surface area (Å²) in [6, 6.07) is 4.10. The molecular formula is C17H26N2O2. The highest BCUT2D eigenvalue weighted by atomic mass is 16.3. The summed E-state index contributed by atoms with van der Waals surface area (Å²) in [6.07, 6.45) is 4.23. The van der Waals surface area contributed by atoms with Crippen LogP contribution < -0.4 is 5.32 Å². The van der Waals surface area contributed by atoms with Crippen LogP contribution in [-0.2, 0) is 11.3 Å². The van der Waals surface area contributed by atoms with E-state index in [1.165, 1.54) is 12.8 Å². The van der Waals surface area contributed by atoms with Crippen molar-refractivity contribution in [1.82, 2.24) is 10.2 Å². The summed E-state index contributed by atoms with van der Waals surface area (Å²) in [6.45, 7) is 4.90. The van der Waals surface area contributed by atoms with Gasteiger partial charge in [-0.1, -0.05) is 6.92 Å². The molecule has 0 spiro atoms. The lowest BCUT2D eigenvalue weighted by Crippen LogP contribution is -2.34. The van der Waals surface area contributed by atoms with Gasteiger partial charge in [-0.3, -0.25) is 4.79 Å². The second kappa shape index (κ2) is 6.22. The zero-order valence-electron chi connectivity index (χ0n) is 13.1. The minimum Gasteiger partial charge on any atom is -0.464 e. The predicted octanol–water partition coefficient (Wildman–Crippen LogP) is 2.75.